The molecule has 2 aromatic carbocycles. The number of unbranched alkanes of at least 4 members (excludes halogenated alkanes) is 1. The Morgan fingerprint density at radius 2 is 1.21 bits per heavy atom. The van der Waals surface area contributed by atoms with Crippen LogP contribution in [0, 0.1) is 23.5 Å². The van der Waals surface area contributed by atoms with Crippen molar-refractivity contribution in [2.45, 2.75) is 57.8 Å². The number of rotatable bonds is 12. The third-order valence-corrected chi connectivity index (χ3v) is 8.05. The Morgan fingerprint density at radius 3 is 1.71 bits per heavy atom. The minimum absolute atomic E-state index is 0.0548. The number of amides is 1. The second-order valence-electron chi connectivity index (χ2n) is 11.0. The summed E-state index contributed by atoms with van der Waals surface area (Å²) >= 11 is 0. The largest absolute Gasteiger partial charge is 0.339 e. The molecule has 0 radical (unpaired) electrons. The van der Waals surface area contributed by atoms with Crippen LogP contribution in [0.15, 0.2) is 54.6 Å². The monoisotopic (exact) mass is 523 g/mol. The Bertz CT molecular complexity index is 961. The lowest BCUT2D eigenvalue weighted by Gasteiger charge is -2.31. The smallest absolute Gasteiger partial charge is 0.247 e. The Hall–Kier alpha value is -2.57. The van der Waals surface area contributed by atoms with Gasteiger partial charge in [-0.2, -0.15) is 0 Å². The Labute approximate surface area is 226 Å². The first-order chi connectivity index (χ1) is 18.6. The maximum Gasteiger partial charge on any atom is 0.247 e. The first kappa shape index (κ1) is 28.4. The lowest BCUT2D eigenvalue weighted by molar-refractivity contribution is -0.127. The van der Waals surface area contributed by atoms with Gasteiger partial charge < -0.3 is 15.5 Å². The summed E-state index contributed by atoms with van der Waals surface area (Å²) in [4.78, 5) is 15.1. The SMILES string of the molecule is O=C(C=C(c1ccc(F)cc1)c1ccc(F)cc1)N1CCC(CNCCCCNCC2CCCCC2)CC1. The van der Waals surface area contributed by atoms with Crippen molar-refractivity contribution in [3.63, 3.8) is 0 Å². The topological polar surface area (TPSA) is 44.4 Å². The van der Waals surface area contributed by atoms with Gasteiger partial charge in [0, 0.05) is 19.2 Å². The van der Waals surface area contributed by atoms with Crippen LogP contribution >= 0.6 is 0 Å². The number of halogens is 2. The molecule has 38 heavy (non-hydrogen) atoms. The zero-order valence-electron chi connectivity index (χ0n) is 22.6. The van der Waals surface area contributed by atoms with Gasteiger partial charge in [-0.1, -0.05) is 43.5 Å². The molecule has 1 aliphatic carbocycles. The highest BCUT2D eigenvalue weighted by Crippen LogP contribution is 2.26. The minimum Gasteiger partial charge on any atom is -0.339 e. The first-order valence-corrected chi connectivity index (χ1v) is 14.5. The zero-order valence-corrected chi connectivity index (χ0v) is 22.6. The van der Waals surface area contributed by atoms with Crippen LogP contribution in [0.4, 0.5) is 8.78 Å². The van der Waals surface area contributed by atoms with E-state index < -0.39 is 0 Å². The lowest BCUT2D eigenvalue weighted by atomic mass is 9.89. The van der Waals surface area contributed by atoms with Crippen LogP contribution in [0.5, 0.6) is 0 Å². The highest BCUT2D eigenvalue weighted by molar-refractivity contribution is 5.99. The molecule has 0 unspecified atom stereocenters. The molecule has 0 spiro atoms. The van der Waals surface area contributed by atoms with Crippen molar-refractivity contribution in [2.24, 2.45) is 11.8 Å². The van der Waals surface area contributed by atoms with Gasteiger partial charge in [0.05, 0.1) is 0 Å². The van der Waals surface area contributed by atoms with E-state index in [2.05, 4.69) is 10.6 Å². The average Bonchev–Trinajstić information content (AvgIpc) is 2.95. The second-order valence-corrected chi connectivity index (χ2v) is 11.0. The zero-order chi connectivity index (χ0) is 26.6. The highest BCUT2D eigenvalue weighted by Gasteiger charge is 2.22. The van der Waals surface area contributed by atoms with Crippen LogP contribution < -0.4 is 10.6 Å². The first-order valence-electron chi connectivity index (χ1n) is 14.5. The maximum absolute atomic E-state index is 13.5. The fraction of sp³-hybridized carbons (Fsp3) is 0.531. The summed E-state index contributed by atoms with van der Waals surface area (Å²) in [5.41, 5.74) is 2.14. The van der Waals surface area contributed by atoms with Crippen LogP contribution in [0.3, 0.4) is 0 Å². The van der Waals surface area contributed by atoms with E-state index in [1.54, 1.807) is 30.3 Å². The second kappa shape index (κ2) is 15.1. The van der Waals surface area contributed by atoms with Crippen molar-refractivity contribution in [3.05, 3.63) is 77.4 Å². The lowest BCUT2D eigenvalue weighted by Crippen LogP contribution is -2.40. The summed E-state index contributed by atoms with van der Waals surface area (Å²) in [6.07, 6.45) is 13.0. The molecular weight excluding hydrogens is 480 g/mol. The van der Waals surface area contributed by atoms with Gasteiger partial charge in [-0.15, -0.1) is 0 Å². The van der Waals surface area contributed by atoms with Crippen molar-refractivity contribution < 1.29 is 13.6 Å². The number of nitrogens with zero attached hydrogens (tertiary/aromatic N) is 1. The van der Waals surface area contributed by atoms with E-state index in [1.807, 2.05) is 4.90 Å². The van der Waals surface area contributed by atoms with Gasteiger partial charge in [-0.25, -0.2) is 8.78 Å². The van der Waals surface area contributed by atoms with Gasteiger partial charge in [0.15, 0.2) is 0 Å². The quantitative estimate of drug-likeness (QED) is 0.258. The van der Waals surface area contributed by atoms with Gasteiger partial charge in [-0.05, 0) is 118 Å². The molecule has 4 rings (SSSR count). The molecule has 2 aliphatic rings. The summed E-state index contributed by atoms with van der Waals surface area (Å²) in [6, 6.07) is 12.1. The van der Waals surface area contributed by atoms with E-state index in [0.29, 0.717) is 11.5 Å². The molecule has 4 nitrogen and oxygen atoms in total. The highest BCUT2D eigenvalue weighted by atomic mass is 19.1. The number of hydrogen-bond donors (Lipinski definition) is 2. The third-order valence-electron chi connectivity index (χ3n) is 8.05. The Kier molecular flexibility index (Phi) is 11.3. The average molecular weight is 524 g/mol. The van der Waals surface area contributed by atoms with Crippen LogP contribution in [0.25, 0.3) is 5.57 Å². The van der Waals surface area contributed by atoms with E-state index in [4.69, 9.17) is 0 Å². The summed E-state index contributed by atoms with van der Waals surface area (Å²) in [5.74, 6) is 0.760. The van der Waals surface area contributed by atoms with E-state index in [0.717, 1.165) is 62.6 Å². The van der Waals surface area contributed by atoms with E-state index in [-0.39, 0.29) is 17.5 Å². The van der Waals surface area contributed by atoms with Gasteiger partial charge in [0.2, 0.25) is 5.91 Å². The molecule has 0 aromatic heterocycles. The van der Waals surface area contributed by atoms with Crippen molar-refractivity contribution in [1.82, 2.24) is 15.5 Å². The number of carbonyl (C=O) groups excluding carboxylic acids is 1. The summed E-state index contributed by atoms with van der Waals surface area (Å²) in [6.45, 7) is 5.81. The van der Waals surface area contributed by atoms with Crippen molar-refractivity contribution in [3.8, 4) is 0 Å². The number of likely N-dealkylation sites (tertiary alicyclic amines) is 1. The molecule has 0 bridgehead atoms. The van der Waals surface area contributed by atoms with E-state index in [1.165, 1.54) is 75.8 Å². The number of benzene rings is 2. The summed E-state index contributed by atoms with van der Waals surface area (Å²) in [5, 5.41) is 7.27. The fourth-order valence-electron chi connectivity index (χ4n) is 5.67. The molecule has 0 atom stereocenters. The van der Waals surface area contributed by atoms with Crippen LogP contribution in [0.1, 0.15) is 68.9 Å². The predicted molar refractivity (Wildman–Crippen MR) is 151 cm³/mol. The number of carbonyl (C=O) groups is 1. The maximum atomic E-state index is 13.5. The molecule has 206 valence electrons. The van der Waals surface area contributed by atoms with Crippen LogP contribution in [-0.2, 0) is 4.79 Å². The molecule has 6 heteroatoms. The van der Waals surface area contributed by atoms with Crippen molar-refractivity contribution in [1.29, 1.82) is 0 Å². The third kappa shape index (κ3) is 9.02. The van der Waals surface area contributed by atoms with Gasteiger partial charge in [-0.3, -0.25) is 4.79 Å². The molecule has 1 aliphatic heterocycles. The summed E-state index contributed by atoms with van der Waals surface area (Å²) in [7, 11) is 0. The minimum atomic E-state index is -0.333. The van der Waals surface area contributed by atoms with Gasteiger partial charge in [0.1, 0.15) is 11.6 Å². The molecule has 1 heterocycles. The van der Waals surface area contributed by atoms with Crippen molar-refractivity contribution >= 4 is 11.5 Å². The number of hydrogen-bond acceptors (Lipinski definition) is 3. The predicted octanol–water partition coefficient (Wildman–Crippen LogP) is 6.17. The van der Waals surface area contributed by atoms with Crippen molar-refractivity contribution in [2.75, 3.05) is 39.3 Å². The Balaban J connectivity index is 1.17. The number of piperidine rings is 1. The molecular formula is C32H43F2N3O. The standard InChI is InChI=1S/C32H43F2N3O/c33-29-12-8-27(9-13-29)31(28-10-14-30(34)15-11-28)22-32(38)37-20-16-26(17-21-37)24-36-19-5-4-18-35-23-25-6-2-1-3-7-25/h8-15,22,25-26,35-36H,1-7,16-21,23-24H2. The van der Waals surface area contributed by atoms with Crippen LogP contribution in [0.2, 0.25) is 0 Å². The molecule has 1 amide bonds. The molecule has 2 N–H and O–H groups in total. The Morgan fingerprint density at radius 1 is 0.737 bits per heavy atom. The van der Waals surface area contributed by atoms with Gasteiger partial charge >= 0.3 is 0 Å². The number of nitrogens with one attached hydrogen (secondary N) is 2. The van der Waals surface area contributed by atoms with Crippen LogP contribution in [-0.4, -0.2) is 50.1 Å². The summed E-state index contributed by atoms with van der Waals surface area (Å²) < 4.78 is 27.0. The molecule has 1 saturated carbocycles. The van der Waals surface area contributed by atoms with E-state index >= 15 is 0 Å². The normalized spacial score (nSPS) is 16.9. The molecule has 2 fully saturated rings. The van der Waals surface area contributed by atoms with Gasteiger partial charge in [0.25, 0.3) is 0 Å². The molecule has 1 saturated heterocycles. The fourth-order valence-corrected chi connectivity index (χ4v) is 5.67. The molecule has 2 aromatic rings. The van der Waals surface area contributed by atoms with E-state index in [9.17, 15) is 13.6 Å².